The molecule has 0 unspecified atom stereocenters. The van der Waals surface area contributed by atoms with Gasteiger partial charge in [-0.1, -0.05) is 71.5 Å². The number of hydrogen-bond acceptors (Lipinski definition) is 9. The number of nitrogens with zero attached hydrogens (tertiary/aromatic N) is 4. The number of nitrogens with one attached hydrogen (secondary N) is 1. The van der Waals surface area contributed by atoms with E-state index in [2.05, 4.69) is 25.5 Å². The van der Waals surface area contributed by atoms with Gasteiger partial charge in [0.1, 0.15) is 0 Å². The van der Waals surface area contributed by atoms with Crippen LogP contribution in [0.4, 0.5) is 5.13 Å². The number of anilines is 1. The van der Waals surface area contributed by atoms with E-state index in [9.17, 15) is 13.2 Å². The van der Waals surface area contributed by atoms with Gasteiger partial charge in [0, 0.05) is 5.75 Å². The van der Waals surface area contributed by atoms with E-state index in [1.165, 1.54) is 35.6 Å². The third-order valence-corrected chi connectivity index (χ3v) is 7.54. The van der Waals surface area contributed by atoms with Crippen LogP contribution in [0, 0.1) is 6.92 Å². The lowest BCUT2D eigenvalue weighted by Crippen LogP contribution is -2.18. The molecule has 152 valence electrons. The molecule has 0 aliphatic rings. The van der Waals surface area contributed by atoms with Gasteiger partial charge in [-0.2, -0.15) is 0 Å². The molecule has 3 rings (SSSR count). The van der Waals surface area contributed by atoms with E-state index in [4.69, 9.17) is 11.6 Å². The average Bonchev–Trinajstić information content (AvgIpc) is 3.15. The maximum atomic E-state index is 12.5. The molecule has 0 saturated heterocycles. The highest BCUT2D eigenvalue weighted by Crippen LogP contribution is 2.29. The lowest BCUT2D eigenvalue weighted by Gasteiger charge is -2.05. The highest BCUT2D eigenvalue weighted by Gasteiger charge is 2.21. The van der Waals surface area contributed by atoms with Gasteiger partial charge in [-0.05, 0) is 12.5 Å². The molecule has 0 atom stereocenters. The van der Waals surface area contributed by atoms with Crippen LogP contribution in [-0.2, 0) is 15.6 Å². The molecule has 8 nitrogen and oxygen atoms in total. The first-order valence-corrected chi connectivity index (χ1v) is 12.2. The van der Waals surface area contributed by atoms with Crippen LogP contribution in [0.2, 0.25) is 5.02 Å². The van der Waals surface area contributed by atoms with E-state index < -0.39 is 20.9 Å². The Bertz CT molecular complexity index is 1130. The van der Waals surface area contributed by atoms with E-state index in [0.29, 0.717) is 4.34 Å². The molecular weight excluding hydrogens is 454 g/mol. The van der Waals surface area contributed by atoms with E-state index in [1.807, 2.05) is 31.2 Å². The number of carbonyl (C=O) groups is 1. The molecule has 2 heterocycles. The van der Waals surface area contributed by atoms with Crippen molar-refractivity contribution < 1.29 is 13.2 Å². The number of carbonyl (C=O) groups excluding carboxylic acids is 1. The molecule has 0 bridgehead atoms. The molecule has 29 heavy (non-hydrogen) atoms. The van der Waals surface area contributed by atoms with Gasteiger partial charge in [-0.25, -0.2) is 18.4 Å². The monoisotopic (exact) mass is 469 g/mol. The number of aryl methyl sites for hydroxylation is 1. The van der Waals surface area contributed by atoms with Crippen LogP contribution < -0.4 is 5.32 Å². The minimum atomic E-state index is -3.67. The van der Waals surface area contributed by atoms with Crippen LogP contribution in [-0.4, -0.2) is 40.2 Å². The molecular formula is C17H16ClN5O3S3. The van der Waals surface area contributed by atoms with Crippen molar-refractivity contribution in [3.63, 3.8) is 0 Å². The summed E-state index contributed by atoms with van der Waals surface area (Å²) in [7, 11) is -3.67. The van der Waals surface area contributed by atoms with Gasteiger partial charge in [0.15, 0.2) is 10.0 Å². The van der Waals surface area contributed by atoms with Crippen LogP contribution in [0.3, 0.4) is 0 Å². The van der Waals surface area contributed by atoms with E-state index in [-0.39, 0.29) is 21.6 Å². The smallest absolute Gasteiger partial charge is 0.277 e. The third-order valence-electron chi connectivity index (χ3n) is 3.71. The summed E-state index contributed by atoms with van der Waals surface area (Å²) in [6.07, 6.45) is 1.09. The van der Waals surface area contributed by atoms with Gasteiger partial charge in [-0.3, -0.25) is 10.1 Å². The molecule has 1 N–H and O–H groups in total. The molecule has 1 aromatic carbocycles. The summed E-state index contributed by atoms with van der Waals surface area (Å²) in [6, 6.07) is 8.18. The highest BCUT2D eigenvalue weighted by molar-refractivity contribution is 8.00. The molecule has 0 saturated carbocycles. The molecule has 0 aliphatic carbocycles. The predicted molar refractivity (Wildman–Crippen MR) is 113 cm³/mol. The quantitative estimate of drug-likeness (QED) is 0.317. The molecule has 1 amide bonds. The zero-order chi connectivity index (χ0) is 21.0. The fourth-order valence-corrected chi connectivity index (χ4v) is 4.68. The molecule has 0 radical (unpaired) electrons. The summed E-state index contributed by atoms with van der Waals surface area (Å²) in [5, 5.41) is 10.3. The van der Waals surface area contributed by atoms with Crippen molar-refractivity contribution in [1.29, 1.82) is 0 Å². The van der Waals surface area contributed by atoms with E-state index >= 15 is 0 Å². The zero-order valence-corrected chi connectivity index (χ0v) is 18.6. The number of rotatable bonds is 7. The number of aromatic nitrogens is 4. The van der Waals surface area contributed by atoms with Gasteiger partial charge >= 0.3 is 0 Å². The van der Waals surface area contributed by atoms with Gasteiger partial charge in [-0.15, -0.1) is 10.2 Å². The Morgan fingerprint density at radius 2 is 1.97 bits per heavy atom. The number of hydrogen-bond donors (Lipinski definition) is 1. The van der Waals surface area contributed by atoms with Crippen molar-refractivity contribution in [3.05, 3.63) is 52.3 Å². The molecule has 12 heteroatoms. The van der Waals surface area contributed by atoms with Gasteiger partial charge < -0.3 is 0 Å². The molecule has 0 spiro atoms. The fourth-order valence-electron chi connectivity index (χ4n) is 2.09. The number of benzene rings is 1. The number of halogens is 1. The van der Waals surface area contributed by atoms with Crippen molar-refractivity contribution in [1.82, 2.24) is 20.2 Å². The maximum Gasteiger partial charge on any atom is 0.277 e. The average molecular weight is 470 g/mol. The van der Waals surface area contributed by atoms with Crippen LogP contribution in [0.15, 0.2) is 40.0 Å². The third kappa shape index (κ3) is 5.50. The second kappa shape index (κ2) is 9.16. The van der Waals surface area contributed by atoms with Gasteiger partial charge in [0.2, 0.25) is 20.1 Å². The van der Waals surface area contributed by atoms with E-state index in [0.717, 1.165) is 17.5 Å². The Balaban J connectivity index is 1.68. The first kappa shape index (κ1) is 21.6. The SMILES string of the molecule is CCS(=O)(=O)c1ncc(Cl)c(C(=O)Nc2nnc(SCc3ccc(C)cc3)s2)n1. The van der Waals surface area contributed by atoms with Crippen molar-refractivity contribution in [2.45, 2.75) is 29.1 Å². The lowest BCUT2D eigenvalue weighted by molar-refractivity contribution is 0.102. The summed E-state index contributed by atoms with van der Waals surface area (Å²) < 4.78 is 24.6. The van der Waals surface area contributed by atoms with E-state index in [1.54, 1.807) is 0 Å². The summed E-state index contributed by atoms with van der Waals surface area (Å²) in [5.41, 5.74) is 2.11. The topological polar surface area (TPSA) is 115 Å². The minimum Gasteiger partial charge on any atom is -0.295 e. The first-order chi connectivity index (χ1) is 13.8. The fraction of sp³-hybridized carbons (Fsp3) is 0.235. The largest absolute Gasteiger partial charge is 0.295 e. The Morgan fingerprint density at radius 3 is 2.66 bits per heavy atom. The second-order valence-electron chi connectivity index (χ2n) is 5.85. The standard InChI is InChI=1S/C17H16ClN5O3S3/c1-3-29(25,26)16-19-8-12(18)13(20-16)14(24)21-15-22-23-17(28-15)27-9-11-6-4-10(2)5-7-11/h4-8H,3,9H2,1-2H3,(H,21,22,24). The molecule has 0 aliphatic heterocycles. The highest BCUT2D eigenvalue weighted by atomic mass is 35.5. The molecule has 0 fully saturated rings. The minimum absolute atomic E-state index is 0.0592. The summed E-state index contributed by atoms with van der Waals surface area (Å²) >= 11 is 8.67. The normalized spacial score (nSPS) is 11.4. The van der Waals surface area contributed by atoms with Gasteiger partial charge in [0.25, 0.3) is 5.91 Å². The van der Waals surface area contributed by atoms with Gasteiger partial charge in [0.05, 0.1) is 17.0 Å². The Hall–Kier alpha value is -2.08. The molecule has 3 aromatic rings. The number of thioether (sulfide) groups is 1. The lowest BCUT2D eigenvalue weighted by atomic mass is 10.2. The van der Waals surface area contributed by atoms with Crippen LogP contribution in [0.5, 0.6) is 0 Å². The second-order valence-corrected chi connectivity index (χ2v) is 10.6. The van der Waals surface area contributed by atoms with Crippen LogP contribution >= 0.6 is 34.7 Å². The Morgan fingerprint density at radius 1 is 1.24 bits per heavy atom. The molecule has 2 aromatic heterocycles. The van der Waals surface area contributed by atoms with Crippen molar-refractivity contribution >= 4 is 55.6 Å². The number of sulfone groups is 1. The maximum absolute atomic E-state index is 12.5. The van der Waals surface area contributed by atoms with Crippen molar-refractivity contribution in [2.24, 2.45) is 0 Å². The Labute approximate surface area is 181 Å². The summed E-state index contributed by atoms with van der Waals surface area (Å²) in [5.74, 6) is -0.150. The van der Waals surface area contributed by atoms with Crippen molar-refractivity contribution in [3.8, 4) is 0 Å². The zero-order valence-electron chi connectivity index (χ0n) is 15.4. The summed E-state index contributed by atoms with van der Waals surface area (Å²) in [4.78, 5) is 20.0. The Kier molecular flexibility index (Phi) is 6.83. The summed E-state index contributed by atoms with van der Waals surface area (Å²) in [6.45, 7) is 3.49. The predicted octanol–water partition coefficient (Wildman–Crippen LogP) is 3.63. The number of amides is 1. The van der Waals surface area contributed by atoms with Crippen molar-refractivity contribution in [2.75, 3.05) is 11.1 Å². The van der Waals surface area contributed by atoms with Crippen LogP contribution in [0.25, 0.3) is 0 Å². The van der Waals surface area contributed by atoms with Crippen LogP contribution in [0.1, 0.15) is 28.5 Å². The first-order valence-electron chi connectivity index (χ1n) is 8.37.